The Bertz CT molecular complexity index is 540. The van der Waals surface area contributed by atoms with Gasteiger partial charge in [0.2, 0.25) is 0 Å². The molecule has 6 heteroatoms. The minimum Gasteiger partial charge on any atom is -0.312 e. The molecule has 3 heterocycles. The van der Waals surface area contributed by atoms with Crippen LogP contribution in [0.15, 0.2) is 11.1 Å². The van der Waals surface area contributed by atoms with Crippen molar-refractivity contribution in [2.24, 2.45) is 0 Å². The molecule has 72 valence electrons. The van der Waals surface area contributed by atoms with Gasteiger partial charge in [-0.2, -0.15) is 10.2 Å². The number of aromatic nitrogens is 4. The lowest BCUT2D eigenvalue weighted by Gasteiger charge is -2.09. The molecule has 1 aliphatic heterocycles. The first-order chi connectivity index (χ1) is 6.86. The number of nitrogens with zero attached hydrogens (tertiary/aromatic N) is 3. The van der Waals surface area contributed by atoms with E-state index in [-0.39, 0.29) is 5.56 Å². The maximum Gasteiger partial charge on any atom is 0.290 e. The Labute approximate surface area is 78.9 Å². The highest BCUT2D eigenvalue weighted by atomic mass is 16.1. The van der Waals surface area contributed by atoms with Crippen LogP contribution in [0.4, 0.5) is 0 Å². The van der Waals surface area contributed by atoms with Crippen molar-refractivity contribution in [3.8, 4) is 0 Å². The van der Waals surface area contributed by atoms with E-state index in [0.717, 1.165) is 24.2 Å². The van der Waals surface area contributed by atoms with Gasteiger partial charge in [0, 0.05) is 25.1 Å². The highest BCUT2D eigenvalue weighted by Crippen LogP contribution is 2.14. The van der Waals surface area contributed by atoms with Gasteiger partial charge in [-0.3, -0.25) is 4.79 Å². The molecule has 0 radical (unpaired) electrons. The quantitative estimate of drug-likeness (QED) is 0.563. The SMILES string of the molecule is O=c1[nH]ncn2nc3c(c12)CNCC3. The van der Waals surface area contributed by atoms with Gasteiger partial charge in [-0.25, -0.2) is 9.61 Å². The van der Waals surface area contributed by atoms with Gasteiger partial charge >= 0.3 is 0 Å². The van der Waals surface area contributed by atoms with Gasteiger partial charge in [0.15, 0.2) is 0 Å². The summed E-state index contributed by atoms with van der Waals surface area (Å²) in [7, 11) is 0. The largest absolute Gasteiger partial charge is 0.312 e. The van der Waals surface area contributed by atoms with Crippen molar-refractivity contribution in [1.82, 2.24) is 25.1 Å². The minimum absolute atomic E-state index is 0.176. The summed E-state index contributed by atoms with van der Waals surface area (Å²) in [5, 5.41) is 13.6. The molecule has 2 N–H and O–H groups in total. The van der Waals surface area contributed by atoms with E-state index >= 15 is 0 Å². The van der Waals surface area contributed by atoms with Crippen molar-refractivity contribution >= 4 is 5.52 Å². The number of H-pyrrole nitrogens is 1. The van der Waals surface area contributed by atoms with Gasteiger partial charge in [0.1, 0.15) is 11.8 Å². The lowest BCUT2D eigenvalue weighted by molar-refractivity contribution is 0.637. The van der Waals surface area contributed by atoms with Crippen LogP contribution in [-0.2, 0) is 13.0 Å². The maximum absolute atomic E-state index is 11.5. The molecule has 3 rings (SSSR count). The Hall–Kier alpha value is -1.69. The Morgan fingerprint density at radius 3 is 3.36 bits per heavy atom. The van der Waals surface area contributed by atoms with Crippen LogP contribution in [0, 0.1) is 0 Å². The Morgan fingerprint density at radius 2 is 2.43 bits per heavy atom. The van der Waals surface area contributed by atoms with Crippen molar-refractivity contribution in [3.63, 3.8) is 0 Å². The van der Waals surface area contributed by atoms with E-state index in [1.165, 1.54) is 6.33 Å². The fourth-order valence-electron chi connectivity index (χ4n) is 1.84. The van der Waals surface area contributed by atoms with Crippen LogP contribution in [0.25, 0.3) is 5.52 Å². The third-order valence-electron chi connectivity index (χ3n) is 2.48. The van der Waals surface area contributed by atoms with Crippen molar-refractivity contribution in [2.45, 2.75) is 13.0 Å². The van der Waals surface area contributed by atoms with Crippen LogP contribution >= 0.6 is 0 Å². The van der Waals surface area contributed by atoms with E-state index in [9.17, 15) is 4.79 Å². The summed E-state index contributed by atoms with van der Waals surface area (Å²) in [6.07, 6.45) is 2.39. The first kappa shape index (κ1) is 7.69. The molecule has 0 aliphatic carbocycles. The summed E-state index contributed by atoms with van der Waals surface area (Å²) >= 11 is 0. The summed E-state index contributed by atoms with van der Waals surface area (Å²) < 4.78 is 1.55. The first-order valence-corrected chi connectivity index (χ1v) is 4.51. The zero-order valence-electron chi connectivity index (χ0n) is 7.45. The number of fused-ring (bicyclic) bond motifs is 3. The van der Waals surface area contributed by atoms with E-state index < -0.39 is 0 Å². The van der Waals surface area contributed by atoms with Gasteiger partial charge in [-0.1, -0.05) is 0 Å². The molecule has 0 saturated carbocycles. The molecule has 0 aromatic carbocycles. The summed E-state index contributed by atoms with van der Waals surface area (Å²) in [5.41, 5.74) is 2.44. The molecule has 6 nitrogen and oxygen atoms in total. The Kier molecular flexibility index (Phi) is 1.45. The molecule has 1 aliphatic rings. The molecule has 14 heavy (non-hydrogen) atoms. The molecule has 0 amide bonds. The number of hydrogen-bond acceptors (Lipinski definition) is 4. The summed E-state index contributed by atoms with van der Waals surface area (Å²) in [4.78, 5) is 11.5. The molecule has 0 fully saturated rings. The normalized spacial score (nSPS) is 15.7. The van der Waals surface area contributed by atoms with E-state index in [4.69, 9.17) is 0 Å². The van der Waals surface area contributed by atoms with Crippen LogP contribution in [0.3, 0.4) is 0 Å². The highest BCUT2D eigenvalue weighted by Gasteiger charge is 2.17. The standard InChI is InChI=1S/C8H9N5O/c14-8-7-5-3-9-2-1-6(5)12-13(7)4-10-11-8/h4,9H,1-3H2,(H,11,14). The zero-order valence-corrected chi connectivity index (χ0v) is 7.45. The minimum atomic E-state index is -0.176. The predicted molar refractivity (Wildman–Crippen MR) is 49.0 cm³/mol. The van der Waals surface area contributed by atoms with Gasteiger partial charge in [-0.05, 0) is 0 Å². The number of nitrogens with one attached hydrogen (secondary N) is 2. The van der Waals surface area contributed by atoms with Crippen molar-refractivity contribution in [1.29, 1.82) is 0 Å². The van der Waals surface area contributed by atoms with Gasteiger partial charge in [-0.15, -0.1) is 0 Å². The number of rotatable bonds is 0. The van der Waals surface area contributed by atoms with Crippen LogP contribution < -0.4 is 10.9 Å². The second-order valence-corrected chi connectivity index (χ2v) is 3.33. The Balaban J connectivity index is 2.44. The van der Waals surface area contributed by atoms with Gasteiger partial charge < -0.3 is 5.32 Å². The third-order valence-corrected chi connectivity index (χ3v) is 2.48. The molecule has 0 saturated heterocycles. The fourth-order valence-corrected chi connectivity index (χ4v) is 1.84. The smallest absolute Gasteiger partial charge is 0.290 e. The van der Waals surface area contributed by atoms with E-state index in [2.05, 4.69) is 20.6 Å². The van der Waals surface area contributed by atoms with Gasteiger partial charge in [0.05, 0.1) is 5.69 Å². The predicted octanol–water partition coefficient (Wildman–Crippen LogP) is -0.937. The molecule has 2 aromatic rings. The topological polar surface area (TPSA) is 75.1 Å². The first-order valence-electron chi connectivity index (χ1n) is 4.51. The average Bonchev–Trinajstić information content (AvgIpc) is 2.57. The summed E-state index contributed by atoms with van der Waals surface area (Å²) in [6.45, 7) is 1.63. The fraction of sp³-hybridized carbons (Fsp3) is 0.375. The van der Waals surface area contributed by atoms with Crippen LogP contribution in [-0.4, -0.2) is 26.4 Å². The second kappa shape index (κ2) is 2.65. The molecule has 2 aromatic heterocycles. The molecule has 0 spiro atoms. The highest BCUT2D eigenvalue weighted by molar-refractivity contribution is 5.55. The monoisotopic (exact) mass is 191 g/mol. The zero-order chi connectivity index (χ0) is 9.54. The molecular formula is C8H9N5O. The average molecular weight is 191 g/mol. The second-order valence-electron chi connectivity index (χ2n) is 3.33. The van der Waals surface area contributed by atoms with Crippen molar-refractivity contribution in [3.05, 3.63) is 27.9 Å². The summed E-state index contributed by atoms with van der Waals surface area (Å²) in [6, 6.07) is 0. The molecule has 0 atom stereocenters. The van der Waals surface area contributed by atoms with Crippen LogP contribution in [0.2, 0.25) is 0 Å². The van der Waals surface area contributed by atoms with E-state index in [0.29, 0.717) is 12.1 Å². The van der Waals surface area contributed by atoms with E-state index in [1.54, 1.807) is 4.52 Å². The molecule has 0 unspecified atom stereocenters. The summed E-state index contributed by atoms with van der Waals surface area (Å²) in [5.74, 6) is 0. The lowest BCUT2D eigenvalue weighted by atomic mass is 10.1. The lowest BCUT2D eigenvalue weighted by Crippen LogP contribution is -2.24. The van der Waals surface area contributed by atoms with Crippen LogP contribution in [0.5, 0.6) is 0 Å². The number of aromatic amines is 1. The van der Waals surface area contributed by atoms with Crippen molar-refractivity contribution in [2.75, 3.05) is 6.54 Å². The van der Waals surface area contributed by atoms with E-state index in [1.807, 2.05) is 0 Å². The number of hydrogen-bond donors (Lipinski definition) is 2. The van der Waals surface area contributed by atoms with Gasteiger partial charge in [0.25, 0.3) is 5.56 Å². The van der Waals surface area contributed by atoms with Crippen molar-refractivity contribution < 1.29 is 0 Å². The third kappa shape index (κ3) is 0.912. The maximum atomic E-state index is 11.5. The molecular weight excluding hydrogens is 182 g/mol. The Morgan fingerprint density at radius 1 is 1.50 bits per heavy atom. The molecule has 0 bridgehead atoms. The van der Waals surface area contributed by atoms with Crippen LogP contribution in [0.1, 0.15) is 11.3 Å².